The molecule has 4 heteroatoms. The second-order valence-corrected chi connectivity index (χ2v) is 8.30. The number of fused-ring (bicyclic) bond motifs is 1. The molecule has 0 bridgehead atoms. The van der Waals surface area contributed by atoms with E-state index in [-0.39, 0.29) is 12.5 Å². The number of hydrogen-bond donors (Lipinski definition) is 2. The number of methoxy groups -OCH3 is 1. The molecular formula is C24H33NO3. The fraction of sp³-hybridized carbons (Fsp3) is 0.542. The Morgan fingerprint density at radius 3 is 2.68 bits per heavy atom. The summed E-state index contributed by atoms with van der Waals surface area (Å²) in [5.74, 6) is 2.80. The molecule has 4 atom stereocenters. The Morgan fingerprint density at radius 1 is 1.25 bits per heavy atom. The van der Waals surface area contributed by atoms with Gasteiger partial charge in [-0.3, -0.25) is 4.79 Å². The lowest BCUT2D eigenvalue weighted by Gasteiger charge is -2.44. The van der Waals surface area contributed by atoms with Gasteiger partial charge in [0.1, 0.15) is 5.75 Å². The van der Waals surface area contributed by atoms with E-state index in [1.165, 1.54) is 12.0 Å². The monoisotopic (exact) mass is 383 g/mol. The summed E-state index contributed by atoms with van der Waals surface area (Å²) in [7, 11) is 1.66. The van der Waals surface area contributed by atoms with Gasteiger partial charge in [-0.15, -0.1) is 0 Å². The fourth-order valence-corrected chi connectivity index (χ4v) is 4.89. The first-order chi connectivity index (χ1) is 13.5. The number of ether oxygens (including phenoxy) is 1. The van der Waals surface area contributed by atoms with Gasteiger partial charge in [0.05, 0.1) is 13.7 Å². The van der Waals surface area contributed by atoms with Crippen LogP contribution in [0.1, 0.15) is 38.2 Å². The highest BCUT2D eigenvalue weighted by Gasteiger charge is 2.39. The molecule has 0 heterocycles. The van der Waals surface area contributed by atoms with Crippen LogP contribution in [0, 0.1) is 23.7 Å². The van der Waals surface area contributed by atoms with E-state index in [9.17, 15) is 9.90 Å². The summed E-state index contributed by atoms with van der Waals surface area (Å²) in [4.78, 5) is 12.7. The predicted molar refractivity (Wildman–Crippen MR) is 112 cm³/mol. The van der Waals surface area contributed by atoms with E-state index in [2.05, 4.69) is 24.9 Å². The van der Waals surface area contributed by atoms with Gasteiger partial charge in [-0.05, 0) is 79.0 Å². The highest BCUT2D eigenvalue weighted by atomic mass is 16.5. The van der Waals surface area contributed by atoms with Crippen LogP contribution in [0.5, 0.6) is 5.75 Å². The number of nitrogens with one attached hydrogen (secondary N) is 1. The zero-order valence-corrected chi connectivity index (χ0v) is 17.1. The summed E-state index contributed by atoms with van der Waals surface area (Å²) >= 11 is 0. The molecule has 0 aliphatic heterocycles. The lowest BCUT2D eigenvalue weighted by atomic mass is 9.61. The number of rotatable bonds is 7. The Kier molecular flexibility index (Phi) is 6.95. The van der Waals surface area contributed by atoms with E-state index < -0.39 is 0 Å². The second kappa shape index (κ2) is 9.42. The molecule has 3 rings (SSSR count). The van der Waals surface area contributed by atoms with E-state index >= 15 is 0 Å². The summed E-state index contributed by atoms with van der Waals surface area (Å²) in [5, 5.41) is 12.7. The fourth-order valence-electron chi connectivity index (χ4n) is 4.89. The number of hydrogen-bond acceptors (Lipinski definition) is 3. The first kappa shape index (κ1) is 20.7. The maximum absolute atomic E-state index is 12.7. The summed E-state index contributed by atoms with van der Waals surface area (Å²) < 4.78 is 5.18. The van der Waals surface area contributed by atoms with Crippen molar-refractivity contribution < 1.29 is 14.6 Å². The normalized spacial score (nSPS) is 26.8. The first-order valence-electron chi connectivity index (χ1n) is 10.4. The summed E-state index contributed by atoms with van der Waals surface area (Å²) in [6.45, 7) is 7.08. The molecule has 1 amide bonds. The van der Waals surface area contributed by atoms with Gasteiger partial charge in [-0.2, -0.15) is 0 Å². The lowest BCUT2D eigenvalue weighted by Crippen LogP contribution is -2.38. The number of benzene rings is 1. The molecule has 2 aliphatic rings. The third kappa shape index (κ3) is 4.67. The van der Waals surface area contributed by atoms with Gasteiger partial charge in [-0.25, -0.2) is 0 Å². The molecule has 1 saturated carbocycles. The van der Waals surface area contributed by atoms with E-state index in [0.29, 0.717) is 30.2 Å². The van der Waals surface area contributed by atoms with E-state index in [1.807, 2.05) is 24.3 Å². The summed E-state index contributed by atoms with van der Waals surface area (Å²) in [5.41, 5.74) is 3.00. The molecule has 0 radical (unpaired) electrons. The van der Waals surface area contributed by atoms with Crippen molar-refractivity contribution >= 4 is 5.91 Å². The van der Waals surface area contributed by atoms with Crippen LogP contribution in [0.4, 0.5) is 0 Å². The molecule has 1 fully saturated rings. The average Bonchev–Trinajstić information content (AvgIpc) is 2.73. The zero-order chi connectivity index (χ0) is 20.1. The molecule has 2 aliphatic carbocycles. The summed E-state index contributed by atoms with van der Waals surface area (Å²) in [6, 6.07) is 7.95. The Morgan fingerprint density at radius 2 is 2.00 bits per heavy atom. The van der Waals surface area contributed by atoms with E-state index in [4.69, 9.17) is 4.74 Å². The maximum atomic E-state index is 12.7. The third-order valence-electron chi connectivity index (χ3n) is 6.64. The molecule has 4 nitrogen and oxygen atoms in total. The quantitative estimate of drug-likeness (QED) is 0.702. The largest absolute Gasteiger partial charge is 0.497 e. The number of allylic oxidation sites excluding steroid dienone is 1. The number of carbonyl (C=O) groups excluding carboxylic acids is 1. The van der Waals surface area contributed by atoms with Crippen molar-refractivity contribution in [1.29, 1.82) is 0 Å². The molecule has 1 aromatic rings. The molecular weight excluding hydrogens is 350 g/mol. The van der Waals surface area contributed by atoms with Gasteiger partial charge in [0.15, 0.2) is 0 Å². The van der Waals surface area contributed by atoms with Crippen molar-refractivity contribution in [2.75, 3.05) is 20.3 Å². The Bertz CT molecular complexity index is 722. The number of amides is 1. The minimum Gasteiger partial charge on any atom is -0.497 e. The Labute approximate surface area is 168 Å². The zero-order valence-electron chi connectivity index (χ0n) is 17.1. The van der Waals surface area contributed by atoms with E-state index in [1.54, 1.807) is 7.11 Å². The molecule has 0 unspecified atom stereocenters. The molecule has 2 N–H and O–H groups in total. The van der Waals surface area contributed by atoms with Crippen molar-refractivity contribution in [3.63, 3.8) is 0 Å². The smallest absolute Gasteiger partial charge is 0.246 e. The number of aliphatic hydroxyl groups excluding tert-OH is 1. The van der Waals surface area contributed by atoms with Gasteiger partial charge < -0.3 is 15.2 Å². The van der Waals surface area contributed by atoms with Crippen molar-refractivity contribution in [2.24, 2.45) is 23.7 Å². The SMILES string of the molecule is C=C(CO)[C@H]1CC[C@H](C)[C@@H]2CCC(C(=O)NCCc3ccc(OC)cc3)=C[C@@H]21. The maximum Gasteiger partial charge on any atom is 0.246 e. The van der Waals surface area contributed by atoms with Gasteiger partial charge >= 0.3 is 0 Å². The van der Waals surface area contributed by atoms with Gasteiger partial charge in [0.2, 0.25) is 5.91 Å². The summed E-state index contributed by atoms with van der Waals surface area (Å²) in [6.07, 6.45) is 7.14. The van der Waals surface area contributed by atoms with E-state index in [0.717, 1.165) is 42.6 Å². The van der Waals surface area contributed by atoms with Crippen LogP contribution in [0.3, 0.4) is 0 Å². The number of aliphatic hydroxyl groups is 1. The van der Waals surface area contributed by atoms with Crippen LogP contribution < -0.4 is 10.1 Å². The second-order valence-electron chi connectivity index (χ2n) is 8.30. The average molecular weight is 384 g/mol. The minimum absolute atomic E-state index is 0.0412. The van der Waals surface area contributed by atoms with Crippen LogP contribution >= 0.6 is 0 Å². The Balaban J connectivity index is 1.60. The van der Waals surface area contributed by atoms with Crippen molar-refractivity contribution in [1.82, 2.24) is 5.32 Å². The Hall–Kier alpha value is -2.07. The topological polar surface area (TPSA) is 58.6 Å². The van der Waals surface area contributed by atoms with Crippen LogP contribution in [-0.4, -0.2) is 31.3 Å². The van der Waals surface area contributed by atoms with Crippen LogP contribution in [0.15, 0.2) is 48.1 Å². The molecule has 0 aromatic heterocycles. The van der Waals surface area contributed by atoms with Gasteiger partial charge in [0.25, 0.3) is 0 Å². The van der Waals surface area contributed by atoms with Gasteiger partial charge in [-0.1, -0.05) is 31.7 Å². The van der Waals surface area contributed by atoms with Crippen LogP contribution in [-0.2, 0) is 11.2 Å². The molecule has 28 heavy (non-hydrogen) atoms. The van der Waals surface area contributed by atoms with Gasteiger partial charge in [0, 0.05) is 12.1 Å². The molecule has 152 valence electrons. The van der Waals surface area contributed by atoms with Crippen molar-refractivity contribution in [2.45, 2.75) is 39.0 Å². The predicted octanol–water partition coefficient (Wildman–Crippen LogP) is 3.90. The number of carbonyl (C=O) groups is 1. The molecule has 0 saturated heterocycles. The van der Waals surface area contributed by atoms with Crippen LogP contribution in [0.25, 0.3) is 0 Å². The third-order valence-corrected chi connectivity index (χ3v) is 6.64. The lowest BCUT2D eigenvalue weighted by molar-refractivity contribution is -0.117. The van der Waals surface area contributed by atoms with Crippen molar-refractivity contribution in [3.05, 3.63) is 53.6 Å². The molecule has 1 aromatic carbocycles. The highest BCUT2D eigenvalue weighted by molar-refractivity contribution is 5.93. The van der Waals surface area contributed by atoms with Crippen LogP contribution in [0.2, 0.25) is 0 Å². The minimum atomic E-state index is 0.0412. The standard InChI is InChI=1S/C24H33NO3/c1-16-4-10-22(17(2)15-26)23-14-19(7-11-21(16)23)24(27)25-13-12-18-5-8-20(28-3)9-6-18/h5-6,8-9,14,16,21-23,26H,2,4,7,10-13,15H2,1,3H3,(H,25,27)/t16-,21-,22+,23-/m0/s1. The molecule has 0 spiro atoms. The first-order valence-corrected chi connectivity index (χ1v) is 10.4. The highest BCUT2D eigenvalue weighted by Crippen LogP contribution is 2.47. The van der Waals surface area contributed by atoms with Crippen molar-refractivity contribution in [3.8, 4) is 5.75 Å².